The van der Waals surface area contributed by atoms with E-state index in [1.165, 1.54) is 12.1 Å². The topological polar surface area (TPSA) is 111 Å². The summed E-state index contributed by atoms with van der Waals surface area (Å²) in [7, 11) is 0. The van der Waals surface area contributed by atoms with Gasteiger partial charge in [0.2, 0.25) is 0 Å². The second kappa shape index (κ2) is 6.87. The summed E-state index contributed by atoms with van der Waals surface area (Å²) in [5.74, 6) is -0.0899. The van der Waals surface area contributed by atoms with Gasteiger partial charge in [-0.1, -0.05) is 6.07 Å². The van der Waals surface area contributed by atoms with Crippen LogP contribution in [-0.2, 0) is 0 Å². The van der Waals surface area contributed by atoms with Crippen LogP contribution in [0.15, 0.2) is 41.5 Å². The number of nitrogens with one attached hydrogen (secondary N) is 2. The Hall–Kier alpha value is -3.88. The summed E-state index contributed by atoms with van der Waals surface area (Å²) in [6.07, 6.45) is 5.35. The lowest BCUT2D eigenvalue weighted by Gasteiger charge is -2.09. The summed E-state index contributed by atoms with van der Waals surface area (Å²) in [4.78, 5) is 11.8. The third-order valence-corrected chi connectivity index (χ3v) is 5.00. The first-order valence-electron chi connectivity index (χ1n) is 9.55. The van der Waals surface area contributed by atoms with Crippen LogP contribution in [0.25, 0.3) is 11.7 Å². The zero-order valence-corrected chi connectivity index (χ0v) is 16.1. The normalized spacial score (nSPS) is 15.3. The molecule has 0 radical (unpaired) electrons. The number of aromatic hydroxyl groups is 2. The summed E-state index contributed by atoms with van der Waals surface area (Å²) in [6.45, 7) is 1.70. The summed E-state index contributed by atoms with van der Waals surface area (Å²) < 4.78 is 15.6. The summed E-state index contributed by atoms with van der Waals surface area (Å²) in [6, 6.07) is 8.29. The summed E-state index contributed by atoms with van der Waals surface area (Å²) in [5.41, 5.74) is 2.67. The van der Waals surface area contributed by atoms with Gasteiger partial charge in [-0.15, -0.1) is 0 Å². The lowest BCUT2D eigenvalue weighted by Crippen LogP contribution is -2.20. The fourth-order valence-electron chi connectivity index (χ4n) is 3.22. The Morgan fingerprint density at radius 3 is 2.87 bits per heavy atom. The van der Waals surface area contributed by atoms with Crippen molar-refractivity contribution in [2.24, 2.45) is 4.99 Å². The van der Waals surface area contributed by atoms with Crippen molar-refractivity contribution in [2.75, 3.05) is 5.32 Å². The van der Waals surface area contributed by atoms with Crippen LogP contribution in [0.3, 0.4) is 0 Å². The maximum absolute atomic E-state index is 13.9. The number of aromatic nitrogens is 4. The molecule has 0 spiro atoms. The number of H-pyrrole nitrogens is 1. The minimum atomic E-state index is -0.301. The standard InChI is InChI=1S/C21H19FN6O2/c1-11-15(22)3-2-4-16(11)25-17-9-18(24-14-5-6-14)28-20(26-17)13(10-23-28)7-12-8-19(29)27-21(12)30/h2-4,7-10,14,25,27,29-30H,5-6H2,1H3. The predicted octanol–water partition coefficient (Wildman–Crippen LogP) is 2.27. The fourth-order valence-corrected chi connectivity index (χ4v) is 3.22. The van der Waals surface area contributed by atoms with Gasteiger partial charge in [-0.05, 0) is 38.0 Å². The van der Waals surface area contributed by atoms with Gasteiger partial charge in [-0.25, -0.2) is 9.37 Å². The molecule has 1 aliphatic carbocycles. The first-order valence-corrected chi connectivity index (χ1v) is 9.55. The van der Waals surface area contributed by atoms with Crippen molar-refractivity contribution in [3.63, 3.8) is 0 Å². The van der Waals surface area contributed by atoms with Crippen molar-refractivity contribution in [2.45, 2.75) is 25.8 Å². The minimum absolute atomic E-state index is 0.142. The van der Waals surface area contributed by atoms with Crippen LogP contribution < -0.4 is 16.0 Å². The molecule has 4 aromatic rings. The number of anilines is 2. The molecule has 0 atom stereocenters. The molecule has 4 N–H and O–H groups in total. The summed E-state index contributed by atoms with van der Waals surface area (Å²) in [5, 5.41) is 27.7. The molecule has 8 nitrogen and oxygen atoms in total. The second-order valence-electron chi connectivity index (χ2n) is 7.34. The highest BCUT2D eigenvalue weighted by atomic mass is 19.1. The van der Waals surface area contributed by atoms with Crippen LogP contribution >= 0.6 is 0 Å². The van der Waals surface area contributed by atoms with Gasteiger partial charge in [-0.2, -0.15) is 9.61 Å². The molecule has 0 aliphatic heterocycles. The Labute approximate surface area is 170 Å². The molecule has 1 fully saturated rings. The van der Waals surface area contributed by atoms with E-state index in [2.05, 4.69) is 20.4 Å². The number of aromatic amines is 1. The third kappa shape index (κ3) is 3.34. The van der Waals surface area contributed by atoms with Crippen molar-refractivity contribution in [3.05, 3.63) is 64.2 Å². The predicted molar refractivity (Wildman–Crippen MR) is 109 cm³/mol. The molecule has 152 valence electrons. The molecule has 3 aromatic heterocycles. The molecule has 9 heteroatoms. The van der Waals surface area contributed by atoms with E-state index in [4.69, 9.17) is 4.99 Å². The van der Waals surface area contributed by atoms with Gasteiger partial charge >= 0.3 is 0 Å². The molecule has 1 aliphatic rings. The zero-order valence-electron chi connectivity index (χ0n) is 16.1. The Morgan fingerprint density at radius 2 is 2.13 bits per heavy atom. The van der Waals surface area contributed by atoms with E-state index in [0.29, 0.717) is 39.0 Å². The second-order valence-corrected chi connectivity index (χ2v) is 7.34. The average Bonchev–Trinajstić information content (AvgIpc) is 3.34. The molecule has 0 unspecified atom stereocenters. The van der Waals surface area contributed by atoms with Gasteiger partial charge in [0.25, 0.3) is 0 Å². The van der Waals surface area contributed by atoms with Gasteiger partial charge in [0.15, 0.2) is 22.9 Å². The van der Waals surface area contributed by atoms with Crippen LogP contribution in [0, 0.1) is 12.7 Å². The number of hydrogen-bond donors (Lipinski definition) is 4. The number of halogens is 1. The van der Waals surface area contributed by atoms with Crippen LogP contribution in [-0.4, -0.2) is 35.8 Å². The van der Waals surface area contributed by atoms with E-state index in [0.717, 1.165) is 12.8 Å². The lowest BCUT2D eigenvalue weighted by atomic mass is 10.2. The monoisotopic (exact) mass is 406 g/mol. The van der Waals surface area contributed by atoms with Crippen molar-refractivity contribution in [1.29, 1.82) is 0 Å². The van der Waals surface area contributed by atoms with E-state index >= 15 is 0 Å². The smallest absolute Gasteiger partial charge is 0.198 e. The van der Waals surface area contributed by atoms with Crippen LogP contribution in [0.1, 0.15) is 24.0 Å². The van der Waals surface area contributed by atoms with Crippen LogP contribution in [0.2, 0.25) is 0 Å². The average molecular weight is 406 g/mol. The van der Waals surface area contributed by atoms with Crippen LogP contribution in [0.4, 0.5) is 15.9 Å². The first kappa shape index (κ1) is 18.2. The van der Waals surface area contributed by atoms with Crippen molar-refractivity contribution < 1.29 is 14.6 Å². The van der Waals surface area contributed by atoms with E-state index < -0.39 is 0 Å². The maximum atomic E-state index is 13.9. The SMILES string of the molecule is Cc1c(F)cccc1Nc1cc(=NC2CC2)n2ncc(=Cc3cc(O)[nH]c3O)c2n1. The highest BCUT2D eigenvalue weighted by Crippen LogP contribution is 2.24. The molecule has 0 amide bonds. The number of nitrogens with zero attached hydrogens (tertiary/aromatic N) is 4. The Balaban J connectivity index is 1.68. The molecule has 0 bridgehead atoms. The largest absolute Gasteiger partial charge is 0.494 e. The number of hydrogen-bond acceptors (Lipinski definition) is 6. The molecule has 1 saturated carbocycles. The van der Waals surface area contributed by atoms with Gasteiger partial charge in [0.1, 0.15) is 11.6 Å². The maximum Gasteiger partial charge on any atom is 0.198 e. The molecule has 1 aromatic carbocycles. The zero-order chi connectivity index (χ0) is 20.8. The van der Waals surface area contributed by atoms with E-state index in [1.54, 1.807) is 41.9 Å². The number of fused-ring (bicyclic) bond motifs is 1. The van der Waals surface area contributed by atoms with Crippen LogP contribution in [0.5, 0.6) is 11.8 Å². The highest BCUT2D eigenvalue weighted by molar-refractivity contribution is 5.64. The summed E-state index contributed by atoms with van der Waals surface area (Å²) >= 11 is 0. The van der Waals surface area contributed by atoms with Crippen molar-refractivity contribution in [1.82, 2.24) is 19.6 Å². The van der Waals surface area contributed by atoms with E-state index in [9.17, 15) is 14.6 Å². The van der Waals surface area contributed by atoms with Gasteiger partial charge in [-0.3, -0.25) is 9.98 Å². The molecular formula is C21H19FN6O2. The lowest BCUT2D eigenvalue weighted by molar-refractivity contribution is 0.425. The highest BCUT2D eigenvalue weighted by Gasteiger charge is 2.20. The van der Waals surface area contributed by atoms with Gasteiger partial charge in [0.05, 0.1) is 12.2 Å². The van der Waals surface area contributed by atoms with Crippen molar-refractivity contribution >= 4 is 23.2 Å². The minimum Gasteiger partial charge on any atom is -0.494 e. The number of benzene rings is 1. The Kier molecular flexibility index (Phi) is 4.16. The third-order valence-electron chi connectivity index (χ3n) is 5.00. The first-order chi connectivity index (χ1) is 14.5. The quantitative estimate of drug-likeness (QED) is 0.416. The fraction of sp³-hybridized carbons (Fsp3) is 0.190. The van der Waals surface area contributed by atoms with E-state index in [-0.39, 0.29) is 23.6 Å². The Bertz CT molecular complexity index is 1390. The molecule has 30 heavy (non-hydrogen) atoms. The van der Waals surface area contributed by atoms with Gasteiger partial charge < -0.3 is 15.5 Å². The van der Waals surface area contributed by atoms with Crippen molar-refractivity contribution in [3.8, 4) is 11.8 Å². The molecule has 3 heterocycles. The molecular weight excluding hydrogens is 387 g/mol. The van der Waals surface area contributed by atoms with Gasteiger partial charge in [0, 0.05) is 34.2 Å². The Morgan fingerprint density at radius 1 is 1.30 bits per heavy atom. The number of rotatable bonds is 4. The molecule has 0 saturated heterocycles. The molecule has 5 rings (SSSR count). The van der Waals surface area contributed by atoms with E-state index in [1.807, 2.05) is 0 Å².